The summed E-state index contributed by atoms with van der Waals surface area (Å²) in [5.41, 5.74) is -0.362. The Kier molecular flexibility index (Phi) is 7.13. The van der Waals surface area contributed by atoms with Gasteiger partial charge in [-0.15, -0.1) is 0 Å². The first kappa shape index (κ1) is 24.1. The van der Waals surface area contributed by atoms with E-state index in [9.17, 15) is 26.7 Å². The van der Waals surface area contributed by atoms with Crippen LogP contribution in [0.1, 0.15) is 24.1 Å². The van der Waals surface area contributed by atoms with Crippen LogP contribution in [0.5, 0.6) is 0 Å². The molecule has 178 valence electrons. The lowest BCUT2D eigenvalue weighted by Gasteiger charge is -2.22. The highest BCUT2D eigenvalue weighted by Gasteiger charge is 2.33. The molecule has 34 heavy (non-hydrogen) atoms. The summed E-state index contributed by atoms with van der Waals surface area (Å²) in [7, 11) is 0. The van der Waals surface area contributed by atoms with Crippen LogP contribution in [0, 0.1) is 11.6 Å². The van der Waals surface area contributed by atoms with E-state index in [1.807, 2.05) is 4.31 Å². The van der Waals surface area contributed by atoms with Gasteiger partial charge in [0.1, 0.15) is 17.3 Å². The Hall–Kier alpha value is -3.05. The standard InChI is InChI=1S/C23H19F5N4OS/c24-16-4-6-17(7-5-16)34-32-9-1-2-20(32)22(33)31-12-15-10-19(29-13-18(15)25)14-3-8-21(30-11-14)23(26,27)28/h3-8,10-11,13,20H,1-2,9,12H2,(H,31,33). The van der Waals surface area contributed by atoms with Crippen molar-refractivity contribution >= 4 is 17.9 Å². The second kappa shape index (κ2) is 10.1. The Labute approximate surface area is 196 Å². The van der Waals surface area contributed by atoms with Crippen molar-refractivity contribution in [1.82, 2.24) is 19.6 Å². The fourth-order valence-electron chi connectivity index (χ4n) is 3.53. The molecule has 1 unspecified atom stereocenters. The van der Waals surface area contributed by atoms with Gasteiger partial charge in [-0.2, -0.15) is 13.2 Å². The van der Waals surface area contributed by atoms with Gasteiger partial charge >= 0.3 is 6.18 Å². The molecule has 1 aliphatic rings. The van der Waals surface area contributed by atoms with Crippen LogP contribution in [-0.2, 0) is 17.5 Å². The van der Waals surface area contributed by atoms with Gasteiger partial charge in [0.05, 0.1) is 17.9 Å². The number of carbonyl (C=O) groups excluding carboxylic acids is 1. The van der Waals surface area contributed by atoms with Crippen LogP contribution in [-0.4, -0.2) is 32.8 Å². The summed E-state index contributed by atoms with van der Waals surface area (Å²) in [5.74, 6) is -1.26. The normalized spacial score (nSPS) is 16.6. The molecule has 3 heterocycles. The molecule has 1 atom stereocenters. The summed E-state index contributed by atoms with van der Waals surface area (Å²) in [6, 6.07) is 8.95. The summed E-state index contributed by atoms with van der Waals surface area (Å²) in [4.78, 5) is 20.9. The molecular weight excluding hydrogens is 475 g/mol. The maximum atomic E-state index is 14.3. The van der Waals surface area contributed by atoms with Crippen molar-refractivity contribution in [2.45, 2.75) is 36.5 Å². The second-order valence-electron chi connectivity index (χ2n) is 7.65. The third kappa shape index (κ3) is 5.71. The van der Waals surface area contributed by atoms with E-state index in [1.165, 1.54) is 36.2 Å². The largest absolute Gasteiger partial charge is 0.433 e. The van der Waals surface area contributed by atoms with Crippen LogP contribution in [0.25, 0.3) is 11.3 Å². The maximum Gasteiger partial charge on any atom is 0.433 e. The van der Waals surface area contributed by atoms with Gasteiger partial charge in [-0.3, -0.25) is 14.8 Å². The van der Waals surface area contributed by atoms with E-state index in [4.69, 9.17) is 0 Å². The van der Waals surface area contributed by atoms with Gasteiger partial charge in [0.15, 0.2) is 0 Å². The smallest absolute Gasteiger partial charge is 0.351 e. The summed E-state index contributed by atoms with van der Waals surface area (Å²) < 4.78 is 67.5. The first-order chi connectivity index (χ1) is 16.2. The maximum absolute atomic E-state index is 14.3. The van der Waals surface area contributed by atoms with E-state index >= 15 is 0 Å². The minimum atomic E-state index is -4.56. The molecule has 1 aliphatic heterocycles. The quantitative estimate of drug-likeness (QED) is 0.376. The molecule has 5 nitrogen and oxygen atoms in total. The van der Waals surface area contributed by atoms with Crippen LogP contribution >= 0.6 is 11.9 Å². The number of halogens is 5. The summed E-state index contributed by atoms with van der Waals surface area (Å²) in [5, 5.41) is 2.73. The molecule has 0 saturated carbocycles. The molecule has 1 N–H and O–H groups in total. The number of rotatable bonds is 6. The van der Waals surface area contributed by atoms with Crippen LogP contribution in [0.3, 0.4) is 0 Å². The van der Waals surface area contributed by atoms with E-state index < -0.39 is 23.7 Å². The monoisotopic (exact) mass is 494 g/mol. The number of carbonyl (C=O) groups is 1. The molecule has 1 aromatic carbocycles. The van der Waals surface area contributed by atoms with Crippen molar-refractivity contribution in [1.29, 1.82) is 0 Å². The highest BCUT2D eigenvalue weighted by Crippen LogP contribution is 2.32. The number of alkyl halides is 3. The van der Waals surface area contributed by atoms with Crippen molar-refractivity contribution in [3.8, 4) is 11.3 Å². The molecule has 3 aromatic rings. The van der Waals surface area contributed by atoms with E-state index in [0.29, 0.717) is 18.5 Å². The lowest BCUT2D eigenvalue weighted by molar-refractivity contribution is -0.141. The fourth-order valence-corrected chi connectivity index (χ4v) is 4.61. The van der Waals surface area contributed by atoms with Gasteiger partial charge in [0, 0.05) is 35.3 Å². The molecule has 0 bridgehead atoms. The predicted molar refractivity (Wildman–Crippen MR) is 116 cm³/mol. The van der Waals surface area contributed by atoms with Crippen molar-refractivity contribution < 1.29 is 26.7 Å². The summed E-state index contributed by atoms with van der Waals surface area (Å²) in [6.45, 7) is 0.564. The zero-order valence-electron chi connectivity index (χ0n) is 17.6. The molecule has 0 radical (unpaired) electrons. The lowest BCUT2D eigenvalue weighted by Crippen LogP contribution is -2.40. The average Bonchev–Trinajstić information content (AvgIpc) is 3.27. The van der Waals surface area contributed by atoms with Gasteiger partial charge in [-0.1, -0.05) is 0 Å². The second-order valence-corrected chi connectivity index (χ2v) is 8.78. The predicted octanol–water partition coefficient (Wildman–Crippen LogP) is 5.23. The van der Waals surface area contributed by atoms with E-state index in [-0.39, 0.29) is 29.5 Å². The lowest BCUT2D eigenvalue weighted by atomic mass is 10.1. The van der Waals surface area contributed by atoms with Gasteiger partial charge < -0.3 is 5.32 Å². The number of nitrogens with one attached hydrogen (secondary N) is 1. The van der Waals surface area contributed by atoms with Crippen molar-refractivity contribution in [2.24, 2.45) is 0 Å². The molecule has 4 rings (SSSR count). The topological polar surface area (TPSA) is 58.1 Å². The van der Waals surface area contributed by atoms with Gasteiger partial charge in [-0.25, -0.2) is 13.1 Å². The highest BCUT2D eigenvalue weighted by molar-refractivity contribution is 7.97. The van der Waals surface area contributed by atoms with Gasteiger partial charge in [-0.05, 0) is 67.3 Å². The van der Waals surface area contributed by atoms with Crippen LogP contribution in [0.4, 0.5) is 22.0 Å². The van der Waals surface area contributed by atoms with Crippen molar-refractivity contribution in [3.63, 3.8) is 0 Å². The fraction of sp³-hybridized carbons (Fsp3) is 0.261. The number of pyridine rings is 2. The molecule has 2 aromatic heterocycles. The summed E-state index contributed by atoms with van der Waals surface area (Å²) >= 11 is 1.36. The molecule has 1 amide bonds. The number of aromatic nitrogens is 2. The van der Waals surface area contributed by atoms with Crippen LogP contribution in [0.2, 0.25) is 0 Å². The third-order valence-electron chi connectivity index (χ3n) is 5.28. The highest BCUT2D eigenvalue weighted by atomic mass is 32.2. The zero-order valence-corrected chi connectivity index (χ0v) is 18.5. The van der Waals surface area contributed by atoms with E-state index in [0.717, 1.165) is 29.8 Å². The van der Waals surface area contributed by atoms with E-state index in [2.05, 4.69) is 15.3 Å². The van der Waals surface area contributed by atoms with Crippen molar-refractivity contribution in [2.75, 3.05) is 6.54 Å². The number of benzene rings is 1. The molecule has 0 spiro atoms. The minimum Gasteiger partial charge on any atom is -0.351 e. The first-order valence-corrected chi connectivity index (χ1v) is 11.1. The number of hydrogen-bond acceptors (Lipinski definition) is 5. The van der Waals surface area contributed by atoms with Crippen molar-refractivity contribution in [3.05, 3.63) is 77.8 Å². The Bertz CT molecular complexity index is 1160. The number of amides is 1. The van der Waals surface area contributed by atoms with Crippen LogP contribution < -0.4 is 5.32 Å². The first-order valence-electron chi connectivity index (χ1n) is 10.4. The molecule has 0 aliphatic carbocycles. The average molecular weight is 494 g/mol. The Morgan fingerprint density at radius 3 is 2.53 bits per heavy atom. The SMILES string of the molecule is O=C(NCc1cc(-c2ccc(C(F)(F)F)nc2)ncc1F)C1CCCN1Sc1ccc(F)cc1. The van der Waals surface area contributed by atoms with Gasteiger partial charge in [0.2, 0.25) is 5.91 Å². The number of nitrogens with zero attached hydrogens (tertiary/aromatic N) is 3. The summed E-state index contributed by atoms with van der Waals surface area (Å²) in [6.07, 6.45) is -1.15. The Balaban J connectivity index is 1.41. The van der Waals surface area contributed by atoms with Gasteiger partial charge in [0.25, 0.3) is 0 Å². The molecule has 11 heteroatoms. The zero-order chi connectivity index (χ0) is 24.3. The third-order valence-corrected chi connectivity index (χ3v) is 6.43. The van der Waals surface area contributed by atoms with E-state index in [1.54, 1.807) is 12.1 Å². The van der Waals surface area contributed by atoms with Crippen LogP contribution in [0.15, 0.2) is 59.8 Å². The minimum absolute atomic E-state index is 0.111. The molecule has 1 saturated heterocycles. The Morgan fingerprint density at radius 1 is 1.09 bits per heavy atom. The number of hydrogen-bond donors (Lipinski definition) is 1. The molecular formula is C23H19F5N4OS. The molecule has 1 fully saturated rings. The Morgan fingerprint density at radius 2 is 1.85 bits per heavy atom.